The Hall–Kier alpha value is -3.65. The first-order chi connectivity index (χ1) is 12.9. The first-order valence-electron chi connectivity index (χ1n) is 7.60. The highest BCUT2D eigenvalue weighted by molar-refractivity contribution is 6.33. The molecular formula is C18H12ClN3O5. The molecule has 0 radical (unpaired) electrons. The highest BCUT2D eigenvalue weighted by Gasteiger charge is 2.11. The van der Waals surface area contributed by atoms with Gasteiger partial charge in [0.1, 0.15) is 11.5 Å². The average Bonchev–Trinajstić information content (AvgIpc) is 3.10. The average molecular weight is 386 g/mol. The number of halogens is 1. The van der Waals surface area contributed by atoms with Crippen molar-refractivity contribution in [2.24, 2.45) is 5.10 Å². The molecule has 0 aliphatic carbocycles. The second-order valence-electron chi connectivity index (χ2n) is 5.38. The number of anilines is 1. The Labute approximate surface area is 157 Å². The van der Waals surface area contributed by atoms with Gasteiger partial charge < -0.3 is 9.52 Å². The molecule has 0 saturated heterocycles. The Kier molecular flexibility index (Phi) is 5.18. The zero-order valence-corrected chi connectivity index (χ0v) is 14.4. The number of benzene rings is 2. The van der Waals surface area contributed by atoms with Crippen LogP contribution in [0.3, 0.4) is 0 Å². The van der Waals surface area contributed by atoms with Gasteiger partial charge in [0.25, 0.3) is 5.69 Å². The standard InChI is InChI=1S/C18H12ClN3O5/c19-16-9-11(1-7-15(16)18(23)24)17-8-6-14(27-17)10-20-21-12-2-4-13(5-3-12)22(25)26/h1-10,21H,(H,23,24). The number of hydrogen-bond acceptors (Lipinski definition) is 6. The molecule has 1 aromatic heterocycles. The van der Waals surface area contributed by atoms with Crippen LogP contribution in [0.4, 0.5) is 11.4 Å². The van der Waals surface area contributed by atoms with E-state index in [1.165, 1.54) is 42.6 Å². The van der Waals surface area contributed by atoms with Gasteiger partial charge in [-0.1, -0.05) is 17.7 Å². The quantitative estimate of drug-likeness (QED) is 0.362. The maximum Gasteiger partial charge on any atom is 0.337 e. The molecule has 3 rings (SSSR count). The largest absolute Gasteiger partial charge is 0.478 e. The van der Waals surface area contributed by atoms with Crippen LogP contribution in [0.1, 0.15) is 16.1 Å². The molecule has 0 fully saturated rings. The van der Waals surface area contributed by atoms with Gasteiger partial charge in [-0.25, -0.2) is 4.79 Å². The predicted molar refractivity (Wildman–Crippen MR) is 100 cm³/mol. The molecule has 0 saturated carbocycles. The van der Waals surface area contributed by atoms with Crippen molar-refractivity contribution in [3.8, 4) is 11.3 Å². The normalized spacial score (nSPS) is 10.9. The van der Waals surface area contributed by atoms with Gasteiger partial charge in [0.15, 0.2) is 0 Å². The van der Waals surface area contributed by atoms with Crippen LogP contribution in [0, 0.1) is 10.1 Å². The smallest absolute Gasteiger partial charge is 0.337 e. The maximum atomic E-state index is 11.0. The number of nitro groups is 1. The number of nitro benzene ring substituents is 1. The molecule has 0 bridgehead atoms. The van der Waals surface area contributed by atoms with Gasteiger partial charge in [0.05, 0.1) is 27.4 Å². The number of aromatic carboxylic acids is 1. The molecule has 3 aromatic rings. The van der Waals surface area contributed by atoms with Gasteiger partial charge in [-0.15, -0.1) is 0 Å². The van der Waals surface area contributed by atoms with Crippen LogP contribution in [-0.4, -0.2) is 22.2 Å². The lowest BCUT2D eigenvalue weighted by Crippen LogP contribution is -1.96. The lowest BCUT2D eigenvalue weighted by molar-refractivity contribution is -0.384. The number of nitrogens with one attached hydrogen (secondary N) is 1. The number of carboxylic acid groups (broad SMARTS) is 1. The number of hydrazone groups is 1. The van der Waals surface area contributed by atoms with E-state index in [1.54, 1.807) is 18.2 Å². The number of furan rings is 1. The molecule has 0 unspecified atom stereocenters. The van der Waals surface area contributed by atoms with Crippen LogP contribution in [0.5, 0.6) is 0 Å². The fourth-order valence-corrected chi connectivity index (χ4v) is 2.51. The minimum atomic E-state index is -1.10. The fourth-order valence-electron chi connectivity index (χ4n) is 2.25. The third-order valence-corrected chi connectivity index (χ3v) is 3.89. The molecule has 27 heavy (non-hydrogen) atoms. The fraction of sp³-hybridized carbons (Fsp3) is 0. The van der Waals surface area contributed by atoms with E-state index in [-0.39, 0.29) is 16.3 Å². The number of nitrogens with zero attached hydrogens (tertiary/aromatic N) is 2. The molecule has 9 heteroatoms. The lowest BCUT2D eigenvalue weighted by Gasteiger charge is -2.01. The Bertz CT molecular complexity index is 1030. The van der Waals surface area contributed by atoms with Crippen molar-refractivity contribution in [3.63, 3.8) is 0 Å². The SMILES string of the molecule is O=C(O)c1ccc(-c2ccc(C=NNc3ccc([N+](=O)[O-])cc3)o2)cc1Cl. The second-order valence-corrected chi connectivity index (χ2v) is 5.78. The highest BCUT2D eigenvalue weighted by Crippen LogP contribution is 2.27. The number of non-ortho nitro benzene ring substituents is 1. The summed E-state index contributed by atoms with van der Waals surface area (Å²) in [5.74, 6) is -0.139. The van der Waals surface area contributed by atoms with E-state index >= 15 is 0 Å². The molecule has 0 aliphatic rings. The van der Waals surface area contributed by atoms with E-state index in [0.717, 1.165) is 0 Å². The topological polar surface area (TPSA) is 118 Å². The number of rotatable bonds is 6. The first kappa shape index (κ1) is 18.2. The van der Waals surface area contributed by atoms with Crippen LogP contribution >= 0.6 is 11.6 Å². The summed E-state index contributed by atoms with van der Waals surface area (Å²) in [6, 6.07) is 13.7. The molecule has 0 atom stereocenters. The number of hydrogen-bond donors (Lipinski definition) is 2. The summed E-state index contributed by atoms with van der Waals surface area (Å²) >= 11 is 5.96. The van der Waals surface area contributed by atoms with Crippen LogP contribution in [0.25, 0.3) is 11.3 Å². The van der Waals surface area contributed by atoms with Crippen LogP contribution in [-0.2, 0) is 0 Å². The van der Waals surface area contributed by atoms with Crippen molar-refractivity contribution in [2.45, 2.75) is 0 Å². The summed E-state index contributed by atoms with van der Waals surface area (Å²) in [6.45, 7) is 0. The van der Waals surface area contributed by atoms with Crippen molar-refractivity contribution in [3.05, 3.63) is 81.1 Å². The predicted octanol–water partition coefficient (Wildman–Crippen LogP) is 4.65. The Morgan fingerprint density at radius 1 is 1.19 bits per heavy atom. The molecule has 0 amide bonds. The molecule has 136 valence electrons. The van der Waals surface area contributed by atoms with Gasteiger partial charge >= 0.3 is 5.97 Å². The molecule has 0 spiro atoms. The van der Waals surface area contributed by atoms with Gasteiger partial charge in [-0.05, 0) is 36.4 Å². The summed E-state index contributed by atoms with van der Waals surface area (Å²) in [6.07, 6.45) is 1.44. The van der Waals surface area contributed by atoms with E-state index < -0.39 is 10.9 Å². The second kappa shape index (κ2) is 7.71. The summed E-state index contributed by atoms with van der Waals surface area (Å²) in [5, 5.41) is 23.7. The zero-order valence-electron chi connectivity index (χ0n) is 13.6. The molecule has 0 aliphatic heterocycles. The van der Waals surface area contributed by atoms with Crippen molar-refractivity contribution in [1.82, 2.24) is 0 Å². The molecular weight excluding hydrogens is 374 g/mol. The highest BCUT2D eigenvalue weighted by atomic mass is 35.5. The molecule has 2 N–H and O–H groups in total. The number of carboxylic acids is 1. The van der Waals surface area contributed by atoms with Crippen molar-refractivity contribution in [1.29, 1.82) is 0 Å². The summed E-state index contributed by atoms with van der Waals surface area (Å²) in [4.78, 5) is 21.1. The summed E-state index contributed by atoms with van der Waals surface area (Å²) in [5.41, 5.74) is 3.96. The monoisotopic (exact) mass is 385 g/mol. The van der Waals surface area contributed by atoms with Crippen molar-refractivity contribution >= 4 is 35.2 Å². The van der Waals surface area contributed by atoms with Crippen LogP contribution in [0.2, 0.25) is 5.02 Å². The van der Waals surface area contributed by atoms with E-state index in [2.05, 4.69) is 10.5 Å². The van der Waals surface area contributed by atoms with Crippen molar-refractivity contribution in [2.75, 3.05) is 5.43 Å². The maximum absolute atomic E-state index is 11.0. The minimum Gasteiger partial charge on any atom is -0.478 e. The van der Waals surface area contributed by atoms with Crippen LogP contribution in [0.15, 0.2) is 64.1 Å². The third-order valence-electron chi connectivity index (χ3n) is 3.57. The van der Waals surface area contributed by atoms with E-state index in [1.807, 2.05) is 0 Å². The minimum absolute atomic E-state index is 0.00668. The summed E-state index contributed by atoms with van der Waals surface area (Å²) in [7, 11) is 0. The van der Waals surface area contributed by atoms with Gasteiger partial charge in [-0.3, -0.25) is 15.5 Å². The lowest BCUT2D eigenvalue weighted by atomic mass is 10.1. The van der Waals surface area contributed by atoms with Crippen LogP contribution < -0.4 is 5.43 Å². The van der Waals surface area contributed by atoms with E-state index in [9.17, 15) is 14.9 Å². The Morgan fingerprint density at radius 3 is 2.56 bits per heavy atom. The third kappa shape index (κ3) is 4.31. The van der Waals surface area contributed by atoms with Gasteiger partial charge in [0.2, 0.25) is 0 Å². The van der Waals surface area contributed by atoms with E-state index in [4.69, 9.17) is 21.1 Å². The Balaban J connectivity index is 1.68. The summed E-state index contributed by atoms with van der Waals surface area (Å²) < 4.78 is 5.63. The van der Waals surface area contributed by atoms with E-state index in [0.29, 0.717) is 22.8 Å². The van der Waals surface area contributed by atoms with Crippen molar-refractivity contribution < 1.29 is 19.2 Å². The van der Waals surface area contributed by atoms with Gasteiger partial charge in [0, 0.05) is 17.7 Å². The molecule has 8 nitrogen and oxygen atoms in total. The number of carbonyl (C=O) groups is 1. The zero-order chi connectivity index (χ0) is 19.4. The Morgan fingerprint density at radius 2 is 1.93 bits per heavy atom. The first-order valence-corrected chi connectivity index (χ1v) is 7.98. The molecule has 2 aromatic carbocycles. The van der Waals surface area contributed by atoms with Gasteiger partial charge in [-0.2, -0.15) is 5.10 Å². The molecule has 1 heterocycles.